The van der Waals surface area contributed by atoms with E-state index in [0.717, 1.165) is 0 Å². The van der Waals surface area contributed by atoms with Crippen molar-refractivity contribution in [1.29, 1.82) is 0 Å². The summed E-state index contributed by atoms with van der Waals surface area (Å²) < 4.78 is 0.451. The Hall–Kier alpha value is -1.73. The highest BCUT2D eigenvalue weighted by Crippen LogP contribution is 2.22. The van der Waals surface area contributed by atoms with Crippen molar-refractivity contribution in [2.45, 2.75) is 0 Å². The number of non-ortho nitro benzene ring substituents is 1. The largest absolute Gasteiger partial charge is 0.395 e. The van der Waals surface area contributed by atoms with E-state index in [9.17, 15) is 14.9 Å². The molecule has 1 rings (SSSR count). The van der Waals surface area contributed by atoms with E-state index in [1.165, 1.54) is 29.2 Å². The molecule has 0 heterocycles. The van der Waals surface area contributed by atoms with E-state index in [2.05, 4.69) is 22.5 Å². The number of halogens is 1. The molecular formula is C12H13BrN2O4. The van der Waals surface area contributed by atoms with Crippen LogP contribution in [0.15, 0.2) is 35.3 Å². The van der Waals surface area contributed by atoms with Crippen molar-refractivity contribution in [2.75, 3.05) is 19.7 Å². The Kier molecular flexibility index (Phi) is 5.65. The number of nitro benzene ring substituents is 1. The Morgan fingerprint density at radius 1 is 1.53 bits per heavy atom. The summed E-state index contributed by atoms with van der Waals surface area (Å²) in [4.78, 5) is 23.7. The molecule has 1 amide bonds. The molecule has 19 heavy (non-hydrogen) atoms. The van der Waals surface area contributed by atoms with Crippen molar-refractivity contribution in [3.05, 3.63) is 51.0 Å². The Morgan fingerprint density at radius 2 is 2.21 bits per heavy atom. The van der Waals surface area contributed by atoms with E-state index in [0.29, 0.717) is 4.47 Å². The standard InChI is InChI=1S/C12H13BrN2O4/c1-2-3-14(4-5-16)12(17)9-6-10(13)8-11(7-9)15(18)19/h2,6-8,16H,1,3-5H2. The molecule has 0 bridgehead atoms. The summed E-state index contributed by atoms with van der Waals surface area (Å²) in [7, 11) is 0. The van der Waals surface area contributed by atoms with E-state index in [1.807, 2.05) is 0 Å². The van der Waals surface area contributed by atoms with E-state index in [-0.39, 0.29) is 30.9 Å². The number of hydrogen-bond donors (Lipinski definition) is 1. The fourth-order valence-electron chi connectivity index (χ4n) is 1.54. The summed E-state index contributed by atoms with van der Waals surface area (Å²) in [6.45, 7) is 3.75. The summed E-state index contributed by atoms with van der Waals surface area (Å²) in [5, 5.41) is 19.7. The van der Waals surface area contributed by atoms with E-state index < -0.39 is 10.8 Å². The van der Waals surface area contributed by atoms with Gasteiger partial charge in [-0.3, -0.25) is 14.9 Å². The number of carbonyl (C=O) groups is 1. The molecule has 0 saturated carbocycles. The van der Waals surface area contributed by atoms with Crippen LogP contribution < -0.4 is 0 Å². The van der Waals surface area contributed by atoms with Gasteiger partial charge in [0, 0.05) is 35.3 Å². The van der Waals surface area contributed by atoms with Crippen molar-refractivity contribution in [2.24, 2.45) is 0 Å². The molecule has 0 radical (unpaired) electrons. The molecule has 0 aromatic heterocycles. The van der Waals surface area contributed by atoms with Crippen LogP contribution in [0.5, 0.6) is 0 Å². The molecule has 102 valence electrons. The van der Waals surface area contributed by atoms with Gasteiger partial charge in [-0.05, 0) is 6.07 Å². The number of hydrogen-bond acceptors (Lipinski definition) is 4. The lowest BCUT2D eigenvalue weighted by Crippen LogP contribution is -2.33. The molecule has 6 nitrogen and oxygen atoms in total. The van der Waals surface area contributed by atoms with Crippen molar-refractivity contribution < 1.29 is 14.8 Å². The Bertz CT molecular complexity index is 505. The molecule has 0 aliphatic heterocycles. The first-order valence-electron chi connectivity index (χ1n) is 5.45. The summed E-state index contributed by atoms with van der Waals surface area (Å²) in [5.41, 5.74) is 0.0247. The highest BCUT2D eigenvalue weighted by Gasteiger charge is 2.18. The molecular weight excluding hydrogens is 316 g/mol. The Morgan fingerprint density at radius 3 is 2.74 bits per heavy atom. The number of nitrogens with zero attached hydrogens (tertiary/aromatic N) is 2. The maximum Gasteiger partial charge on any atom is 0.271 e. The van der Waals surface area contributed by atoms with Gasteiger partial charge in [0.1, 0.15) is 0 Å². The van der Waals surface area contributed by atoms with Gasteiger partial charge < -0.3 is 10.0 Å². The molecule has 0 aliphatic carbocycles. The topological polar surface area (TPSA) is 83.7 Å². The average molecular weight is 329 g/mol. The third-order valence-corrected chi connectivity index (χ3v) is 2.80. The first-order valence-corrected chi connectivity index (χ1v) is 6.25. The average Bonchev–Trinajstić information content (AvgIpc) is 2.37. The quantitative estimate of drug-likeness (QED) is 0.491. The van der Waals surface area contributed by atoms with Gasteiger partial charge in [0.05, 0.1) is 11.5 Å². The van der Waals surface area contributed by atoms with Crippen LogP contribution in [0.3, 0.4) is 0 Å². The number of nitro groups is 1. The minimum Gasteiger partial charge on any atom is -0.395 e. The maximum atomic E-state index is 12.2. The minimum absolute atomic E-state index is 0.144. The van der Waals surface area contributed by atoms with Crippen LogP contribution in [0.2, 0.25) is 0 Å². The van der Waals surface area contributed by atoms with E-state index >= 15 is 0 Å². The van der Waals surface area contributed by atoms with Gasteiger partial charge in [0.25, 0.3) is 11.6 Å². The zero-order chi connectivity index (χ0) is 14.4. The third-order valence-electron chi connectivity index (χ3n) is 2.35. The molecule has 1 aromatic rings. The maximum absolute atomic E-state index is 12.2. The van der Waals surface area contributed by atoms with Gasteiger partial charge in [0.15, 0.2) is 0 Å². The molecule has 0 fully saturated rings. The van der Waals surface area contributed by atoms with Crippen molar-refractivity contribution in [3.63, 3.8) is 0 Å². The zero-order valence-corrected chi connectivity index (χ0v) is 11.7. The highest BCUT2D eigenvalue weighted by atomic mass is 79.9. The Balaban J connectivity index is 3.09. The molecule has 0 spiro atoms. The zero-order valence-electron chi connectivity index (χ0n) is 10.1. The van der Waals surface area contributed by atoms with Gasteiger partial charge in [-0.2, -0.15) is 0 Å². The lowest BCUT2D eigenvalue weighted by molar-refractivity contribution is -0.385. The van der Waals surface area contributed by atoms with Crippen molar-refractivity contribution in [1.82, 2.24) is 4.90 Å². The van der Waals surface area contributed by atoms with Crippen LogP contribution in [-0.4, -0.2) is 40.5 Å². The molecule has 1 aromatic carbocycles. The smallest absolute Gasteiger partial charge is 0.271 e. The predicted molar refractivity (Wildman–Crippen MR) is 74.0 cm³/mol. The van der Waals surface area contributed by atoms with E-state index in [4.69, 9.17) is 5.11 Å². The summed E-state index contributed by atoms with van der Waals surface area (Å²) in [5.74, 6) is -0.390. The third kappa shape index (κ3) is 4.15. The normalized spacial score (nSPS) is 10.0. The lowest BCUT2D eigenvalue weighted by Gasteiger charge is -2.20. The SMILES string of the molecule is C=CCN(CCO)C(=O)c1cc(Br)cc([N+](=O)[O-])c1. The first-order chi connectivity index (χ1) is 8.99. The second-order valence-corrected chi connectivity index (χ2v) is 4.63. The number of amides is 1. The first kappa shape index (κ1) is 15.3. The molecule has 0 saturated heterocycles. The summed E-state index contributed by atoms with van der Waals surface area (Å²) in [6, 6.07) is 4.03. The number of aliphatic hydroxyl groups is 1. The summed E-state index contributed by atoms with van der Waals surface area (Å²) >= 11 is 3.13. The predicted octanol–water partition coefficient (Wildman–Crippen LogP) is 1.98. The number of benzene rings is 1. The van der Waals surface area contributed by atoms with E-state index in [1.54, 1.807) is 0 Å². The second kappa shape index (κ2) is 7.01. The van der Waals surface area contributed by atoms with Gasteiger partial charge in [-0.25, -0.2) is 0 Å². The Labute approximate surface area is 118 Å². The van der Waals surface area contributed by atoms with Crippen LogP contribution in [0.4, 0.5) is 5.69 Å². The van der Waals surface area contributed by atoms with Crippen LogP contribution in [0.25, 0.3) is 0 Å². The van der Waals surface area contributed by atoms with Crippen LogP contribution in [0.1, 0.15) is 10.4 Å². The minimum atomic E-state index is -0.564. The van der Waals surface area contributed by atoms with Crippen LogP contribution in [-0.2, 0) is 0 Å². The molecule has 7 heteroatoms. The lowest BCUT2D eigenvalue weighted by atomic mass is 10.1. The van der Waals surface area contributed by atoms with Crippen LogP contribution >= 0.6 is 15.9 Å². The highest BCUT2D eigenvalue weighted by molar-refractivity contribution is 9.10. The molecule has 0 atom stereocenters. The van der Waals surface area contributed by atoms with Crippen molar-refractivity contribution in [3.8, 4) is 0 Å². The molecule has 1 N–H and O–H groups in total. The second-order valence-electron chi connectivity index (χ2n) is 3.72. The van der Waals surface area contributed by atoms with Crippen molar-refractivity contribution >= 4 is 27.5 Å². The molecule has 0 unspecified atom stereocenters. The van der Waals surface area contributed by atoms with Gasteiger partial charge >= 0.3 is 0 Å². The van der Waals surface area contributed by atoms with Gasteiger partial charge in [-0.1, -0.05) is 22.0 Å². The fourth-order valence-corrected chi connectivity index (χ4v) is 2.02. The molecule has 0 aliphatic rings. The van der Waals surface area contributed by atoms with Crippen LogP contribution in [0, 0.1) is 10.1 Å². The van der Waals surface area contributed by atoms with Gasteiger partial charge in [-0.15, -0.1) is 6.58 Å². The fraction of sp³-hybridized carbons (Fsp3) is 0.250. The number of aliphatic hydroxyl groups excluding tert-OH is 1. The number of rotatable bonds is 6. The summed E-state index contributed by atoms with van der Waals surface area (Å²) in [6.07, 6.45) is 1.53. The van der Waals surface area contributed by atoms with Gasteiger partial charge in [0.2, 0.25) is 0 Å². The number of carbonyl (C=O) groups excluding carboxylic acids is 1. The monoisotopic (exact) mass is 328 g/mol.